The summed E-state index contributed by atoms with van der Waals surface area (Å²) in [6.07, 6.45) is 1.31. The molecule has 0 atom stereocenters. The topological polar surface area (TPSA) is 57.9 Å². The van der Waals surface area contributed by atoms with Gasteiger partial charge in [0.2, 0.25) is 0 Å². The molecule has 96 valence electrons. The lowest BCUT2D eigenvalue weighted by Gasteiger charge is -2.12. The third-order valence-corrected chi connectivity index (χ3v) is 2.62. The van der Waals surface area contributed by atoms with Crippen LogP contribution >= 0.6 is 11.6 Å². The van der Waals surface area contributed by atoms with Crippen LogP contribution in [0.2, 0.25) is 5.02 Å². The van der Waals surface area contributed by atoms with E-state index in [2.05, 4.69) is 10.3 Å². The summed E-state index contributed by atoms with van der Waals surface area (Å²) in [4.78, 5) is 3.84. The molecule has 0 amide bonds. The van der Waals surface area contributed by atoms with Crippen molar-refractivity contribution in [3.63, 3.8) is 0 Å². The average molecular weight is 278 g/mol. The van der Waals surface area contributed by atoms with Crippen molar-refractivity contribution >= 4 is 23.1 Å². The molecular formula is C13H9ClFN3O. The molecule has 0 aliphatic rings. The second-order valence-corrected chi connectivity index (χ2v) is 4.04. The molecular weight excluding hydrogens is 269 g/mol. The minimum absolute atomic E-state index is 0.0228. The Morgan fingerprint density at radius 3 is 2.89 bits per heavy atom. The maximum Gasteiger partial charge on any atom is 0.167 e. The second kappa shape index (κ2) is 5.55. The van der Waals surface area contributed by atoms with Crippen molar-refractivity contribution in [1.82, 2.24) is 4.98 Å². The Morgan fingerprint density at radius 2 is 2.26 bits per heavy atom. The lowest BCUT2D eigenvalue weighted by atomic mass is 10.1. The van der Waals surface area contributed by atoms with Crippen molar-refractivity contribution < 1.29 is 9.13 Å². The first-order valence-electron chi connectivity index (χ1n) is 5.31. The van der Waals surface area contributed by atoms with Gasteiger partial charge in [0.25, 0.3) is 0 Å². The fourth-order valence-electron chi connectivity index (χ4n) is 1.55. The number of hydrogen-bond donors (Lipinski definition) is 1. The highest BCUT2D eigenvalue weighted by atomic mass is 35.5. The molecule has 0 aliphatic heterocycles. The van der Waals surface area contributed by atoms with E-state index >= 15 is 0 Å². The summed E-state index contributed by atoms with van der Waals surface area (Å²) < 4.78 is 18.8. The lowest BCUT2D eigenvalue weighted by molar-refractivity contribution is 0.416. The number of pyridine rings is 1. The van der Waals surface area contributed by atoms with Crippen LogP contribution in [0, 0.1) is 17.1 Å². The van der Waals surface area contributed by atoms with Crippen LogP contribution in [0.15, 0.2) is 30.5 Å². The van der Waals surface area contributed by atoms with E-state index in [1.165, 1.54) is 13.3 Å². The molecule has 0 aliphatic carbocycles. The van der Waals surface area contributed by atoms with Gasteiger partial charge in [0.1, 0.15) is 17.5 Å². The molecule has 2 rings (SSSR count). The summed E-state index contributed by atoms with van der Waals surface area (Å²) in [6, 6.07) is 8.07. The van der Waals surface area contributed by atoms with Crippen LogP contribution in [0.25, 0.3) is 0 Å². The molecule has 4 nitrogen and oxygen atoms in total. The Balaban J connectivity index is 2.46. The Bertz CT molecular complexity index is 655. The van der Waals surface area contributed by atoms with Crippen LogP contribution in [0.3, 0.4) is 0 Å². The van der Waals surface area contributed by atoms with Gasteiger partial charge in [-0.1, -0.05) is 17.7 Å². The standard InChI is InChI=1S/C13H9ClFN3O/c1-19-11-4-2-3-8(6-16)12(11)18-13-10(15)5-9(14)7-17-13/h2-5,7H,1H3,(H,17,18). The molecule has 2 aromatic rings. The number of methoxy groups -OCH3 is 1. The first-order valence-corrected chi connectivity index (χ1v) is 5.68. The maximum atomic E-state index is 13.7. The summed E-state index contributed by atoms with van der Waals surface area (Å²) in [6.45, 7) is 0. The molecule has 1 N–H and O–H groups in total. The van der Waals surface area contributed by atoms with Gasteiger partial charge in [0, 0.05) is 6.20 Å². The normalized spacial score (nSPS) is 9.79. The molecule has 0 spiro atoms. The lowest BCUT2D eigenvalue weighted by Crippen LogP contribution is -2.01. The zero-order valence-corrected chi connectivity index (χ0v) is 10.7. The molecule has 0 saturated heterocycles. The van der Waals surface area contributed by atoms with Crippen molar-refractivity contribution in [1.29, 1.82) is 5.26 Å². The molecule has 0 unspecified atom stereocenters. The largest absolute Gasteiger partial charge is 0.495 e. The third kappa shape index (κ3) is 2.75. The minimum Gasteiger partial charge on any atom is -0.495 e. The summed E-state index contributed by atoms with van der Waals surface area (Å²) >= 11 is 5.63. The van der Waals surface area contributed by atoms with Crippen LogP contribution < -0.4 is 10.1 Å². The Hall–Kier alpha value is -2.32. The molecule has 1 aromatic carbocycles. The number of rotatable bonds is 3. The summed E-state index contributed by atoms with van der Waals surface area (Å²) in [5, 5.41) is 12.0. The van der Waals surface area contributed by atoms with Crippen molar-refractivity contribution in [3.05, 3.63) is 46.9 Å². The van der Waals surface area contributed by atoms with Crippen LogP contribution in [0.1, 0.15) is 5.56 Å². The van der Waals surface area contributed by atoms with Gasteiger partial charge in [0.15, 0.2) is 11.6 Å². The van der Waals surface area contributed by atoms with Crippen LogP contribution in [0.4, 0.5) is 15.9 Å². The predicted octanol–water partition coefficient (Wildman–Crippen LogP) is 3.50. The predicted molar refractivity (Wildman–Crippen MR) is 70.2 cm³/mol. The summed E-state index contributed by atoms with van der Waals surface area (Å²) in [5.74, 6) is -0.206. The molecule has 0 fully saturated rings. The zero-order chi connectivity index (χ0) is 13.8. The van der Waals surface area contributed by atoms with E-state index in [4.69, 9.17) is 21.6 Å². The van der Waals surface area contributed by atoms with Crippen molar-refractivity contribution in [2.45, 2.75) is 0 Å². The minimum atomic E-state index is -0.609. The van der Waals surface area contributed by atoms with Crippen molar-refractivity contribution in [2.75, 3.05) is 12.4 Å². The van der Waals surface area contributed by atoms with Crippen molar-refractivity contribution in [3.8, 4) is 11.8 Å². The number of nitrogens with one attached hydrogen (secondary N) is 1. The zero-order valence-electron chi connectivity index (χ0n) is 9.95. The van der Waals surface area contributed by atoms with Gasteiger partial charge < -0.3 is 10.1 Å². The molecule has 0 saturated carbocycles. The number of aromatic nitrogens is 1. The average Bonchev–Trinajstić information content (AvgIpc) is 2.42. The quantitative estimate of drug-likeness (QED) is 0.933. The van der Waals surface area contributed by atoms with E-state index in [-0.39, 0.29) is 10.8 Å². The molecule has 0 bridgehead atoms. The third-order valence-electron chi connectivity index (χ3n) is 2.42. The summed E-state index contributed by atoms with van der Waals surface area (Å²) in [7, 11) is 1.47. The van der Waals surface area contributed by atoms with E-state index in [0.717, 1.165) is 6.07 Å². The van der Waals surface area contributed by atoms with Gasteiger partial charge in [-0.15, -0.1) is 0 Å². The number of halogens is 2. The van der Waals surface area contributed by atoms with E-state index in [1.54, 1.807) is 18.2 Å². The van der Waals surface area contributed by atoms with E-state index < -0.39 is 5.82 Å². The second-order valence-electron chi connectivity index (χ2n) is 3.60. The van der Waals surface area contributed by atoms with E-state index in [1.807, 2.05) is 6.07 Å². The monoisotopic (exact) mass is 277 g/mol. The maximum absolute atomic E-state index is 13.7. The molecule has 6 heteroatoms. The van der Waals surface area contributed by atoms with Crippen molar-refractivity contribution in [2.24, 2.45) is 0 Å². The number of nitriles is 1. The summed E-state index contributed by atoms with van der Waals surface area (Å²) in [5.41, 5.74) is 0.691. The highest BCUT2D eigenvalue weighted by Crippen LogP contribution is 2.31. The highest BCUT2D eigenvalue weighted by molar-refractivity contribution is 6.30. The Morgan fingerprint density at radius 1 is 1.47 bits per heavy atom. The van der Waals surface area contributed by atoms with Gasteiger partial charge in [-0.05, 0) is 18.2 Å². The van der Waals surface area contributed by atoms with Crippen LogP contribution in [0.5, 0.6) is 5.75 Å². The Kier molecular flexibility index (Phi) is 3.83. The number of para-hydroxylation sites is 1. The number of anilines is 2. The Labute approximate surface area is 114 Å². The van der Waals surface area contributed by atoms with Gasteiger partial charge in [-0.3, -0.25) is 0 Å². The highest BCUT2D eigenvalue weighted by Gasteiger charge is 2.12. The van der Waals surface area contributed by atoms with Gasteiger partial charge >= 0.3 is 0 Å². The van der Waals surface area contributed by atoms with Gasteiger partial charge in [-0.2, -0.15) is 5.26 Å². The number of nitrogens with zero attached hydrogens (tertiary/aromatic N) is 2. The molecule has 0 radical (unpaired) electrons. The number of ether oxygens (including phenoxy) is 1. The first kappa shape index (κ1) is 13.1. The molecule has 1 aromatic heterocycles. The SMILES string of the molecule is COc1cccc(C#N)c1Nc1ncc(Cl)cc1F. The van der Waals surface area contributed by atoms with Gasteiger partial charge in [0.05, 0.1) is 17.7 Å². The number of benzene rings is 1. The van der Waals surface area contributed by atoms with Crippen LogP contribution in [-0.4, -0.2) is 12.1 Å². The molecule has 19 heavy (non-hydrogen) atoms. The fourth-order valence-corrected chi connectivity index (χ4v) is 1.69. The fraction of sp³-hybridized carbons (Fsp3) is 0.0769. The van der Waals surface area contributed by atoms with Crippen LogP contribution in [-0.2, 0) is 0 Å². The smallest absolute Gasteiger partial charge is 0.167 e. The molecule has 1 heterocycles. The first-order chi connectivity index (χ1) is 9.15. The number of hydrogen-bond acceptors (Lipinski definition) is 4. The van der Waals surface area contributed by atoms with E-state index in [0.29, 0.717) is 17.0 Å². The van der Waals surface area contributed by atoms with Gasteiger partial charge in [-0.25, -0.2) is 9.37 Å². The van der Waals surface area contributed by atoms with E-state index in [9.17, 15) is 4.39 Å².